The zero-order chi connectivity index (χ0) is 12.6. The second-order valence-corrected chi connectivity index (χ2v) is 6.27. The summed E-state index contributed by atoms with van der Waals surface area (Å²) >= 11 is -0.195. The Morgan fingerprint density at radius 1 is 1.28 bits per heavy atom. The fourth-order valence-electron chi connectivity index (χ4n) is 1.48. The van der Waals surface area contributed by atoms with Crippen molar-refractivity contribution in [2.24, 2.45) is 7.92 Å². The summed E-state index contributed by atoms with van der Waals surface area (Å²) in [5.41, 5.74) is 1.77. The van der Waals surface area contributed by atoms with Crippen LogP contribution in [0.15, 0.2) is 43.4 Å². The fourth-order valence-corrected chi connectivity index (χ4v) is 3.60. The summed E-state index contributed by atoms with van der Waals surface area (Å²) < 4.78 is 34.9. The molecule has 0 spiro atoms. The minimum absolute atomic E-state index is 0.0838. The fraction of sp³-hybridized carbons (Fsp3) is 0. The van der Waals surface area contributed by atoms with Crippen molar-refractivity contribution in [2.45, 2.75) is 4.90 Å². The Morgan fingerprint density at radius 2 is 2.17 bits per heavy atom. The second-order valence-electron chi connectivity index (χ2n) is 3.48. The van der Waals surface area contributed by atoms with Crippen molar-refractivity contribution in [3.63, 3.8) is 0 Å². The summed E-state index contributed by atoms with van der Waals surface area (Å²) in [7, 11) is -3.63. The van der Waals surface area contributed by atoms with Gasteiger partial charge in [-0.2, -0.15) is 0 Å². The van der Waals surface area contributed by atoms with Crippen molar-refractivity contribution < 1.29 is 8.42 Å². The Kier molecular flexibility index (Phi) is 2.66. The van der Waals surface area contributed by atoms with Crippen LogP contribution in [-0.4, -0.2) is 33.2 Å². The summed E-state index contributed by atoms with van der Waals surface area (Å²) in [6.07, 6.45) is 2.56. The standard InChI is InChI=1S/C9H7N5O2SSe/c15-17(16,6-4-10-11-5-6)12-7-2-1-3-8-9(7)14-18-13-8/h1-5,12H,(H,10,11). The molecular formula is C9H7N5O2SSe. The van der Waals surface area contributed by atoms with Crippen LogP contribution in [0.5, 0.6) is 0 Å². The molecule has 9 heteroatoms. The molecule has 2 aromatic rings. The van der Waals surface area contributed by atoms with E-state index in [1.54, 1.807) is 12.1 Å². The van der Waals surface area contributed by atoms with Gasteiger partial charge in [0.25, 0.3) is 0 Å². The maximum atomic E-state index is 12.0. The van der Waals surface area contributed by atoms with Gasteiger partial charge in [0, 0.05) is 0 Å². The van der Waals surface area contributed by atoms with Crippen molar-refractivity contribution in [1.82, 2.24) is 10.2 Å². The first-order valence-electron chi connectivity index (χ1n) is 4.90. The molecule has 18 heavy (non-hydrogen) atoms. The van der Waals surface area contributed by atoms with Gasteiger partial charge in [0.2, 0.25) is 0 Å². The van der Waals surface area contributed by atoms with Crippen molar-refractivity contribution in [2.75, 3.05) is 4.72 Å². The summed E-state index contributed by atoms with van der Waals surface area (Å²) in [6, 6.07) is 5.21. The zero-order valence-corrected chi connectivity index (χ0v) is 11.4. The van der Waals surface area contributed by atoms with Crippen molar-refractivity contribution in [3.8, 4) is 0 Å². The predicted molar refractivity (Wildman–Crippen MR) is 65.8 cm³/mol. The van der Waals surface area contributed by atoms with Crippen molar-refractivity contribution in [3.05, 3.63) is 30.6 Å². The first-order valence-corrected chi connectivity index (χ1v) is 7.91. The zero-order valence-electron chi connectivity index (χ0n) is 8.86. The topological polar surface area (TPSA) is 99.6 Å². The molecule has 3 rings (SSSR count). The number of nitrogens with one attached hydrogen (secondary N) is 2. The van der Waals surface area contributed by atoms with Gasteiger partial charge in [-0.1, -0.05) is 0 Å². The molecule has 7 nitrogen and oxygen atoms in total. The maximum absolute atomic E-state index is 12.0. The Labute approximate surface area is 108 Å². The number of aromatic nitrogens is 2. The Bertz CT molecular complexity index is 762. The molecule has 92 valence electrons. The van der Waals surface area contributed by atoms with Crippen LogP contribution < -0.4 is 4.72 Å². The minimum atomic E-state index is -3.63. The van der Waals surface area contributed by atoms with E-state index in [0.717, 1.165) is 5.69 Å². The van der Waals surface area contributed by atoms with E-state index in [-0.39, 0.29) is 19.5 Å². The third-order valence-corrected chi connectivity index (χ3v) is 4.78. The number of anilines is 1. The molecule has 0 aliphatic carbocycles. The molecule has 1 aromatic carbocycles. The number of nitrogens with zero attached hydrogens (tertiary/aromatic N) is 3. The van der Waals surface area contributed by atoms with Crippen LogP contribution in [0, 0.1) is 0 Å². The molecule has 0 saturated heterocycles. The average Bonchev–Trinajstić information content (AvgIpc) is 3.00. The Balaban J connectivity index is 2.00. The van der Waals surface area contributed by atoms with Crippen molar-refractivity contribution >= 4 is 41.7 Å². The molecule has 0 bridgehead atoms. The Morgan fingerprint density at radius 3 is 2.94 bits per heavy atom. The van der Waals surface area contributed by atoms with Crippen molar-refractivity contribution in [1.29, 1.82) is 0 Å². The quantitative estimate of drug-likeness (QED) is 0.714. The molecule has 2 N–H and O–H groups in total. The van der Waals surface area contributed by atoms with E-state index in [0.29, 0.717) is 11.4 Å². The van der Waals surface area contributed by atoms with E-state index >= 15 is 0 Å². The van der Waals surface area contributed by atoms with Crippen LogP contribution in [0.25, 0.3) is 0 Å². The molecule has 1 aliphatic heterocycles. The molecule has 0 saturated carbocycles. The van der Waals surface area contributed by atoms with Crippen LogP contribution in [0.2, 0.25) is 0 Å². The van der Waals surface area contributed by atoms with Gasteiger partial charge in [0.05, 0.1) is 0 Å². The number of aromatic amines is 1. The predicted octanol–water partition coefficient (Wildman–Crippen LogP) is 1.56. The van der Waals surface area contributed by atoms with Crippen LogP contribution in [0.3, 0.4) is 0 Å². The molecule has 0 unspecified atom stereocenters. The van der Waals surface area contributed by atoms with E-state index in [9.17, 15) is 8.42 Å². The summed E-state index contributed by atoms with van der Waals surface area (Å²) in [5, 5.41) is 6.09. The number of fused-ring (bicyclic) bond motifs is 1. The summed E-state index contributed by atoms with van der Waals surface area (Å²) in [6.45, 7) is 0. The monoisotopic (exact) mass is 329 g/mol. The van der Waals surface area contributed by atoms with Gasteiger partial charge in [0.1, 0.15) is 0 Å². The molecule has 1 aromatic heterocycles. The number of H-pyrrole nitrogens is 1. The molecular weight excluding hydrogens is 321 g/mol. The van der Waals surface area contributed by atoms with E-state index in [2.05, 4.69) is 22.8 Å². The van der Waals surface area contributed by atoms with Gasteiger partial charge in [-0.15, -0.1) is 0 Å². The second kappa shape index (κ2) is 4.20. The normalized spacial score (nSPS) is 13.1. The SMILES string of the molecule is O=S(=O)(Nc1cccc2c1N=[Se]=N2)c1cn[nH]c1. The summed E-state index contributed by atoms with van der Waals surface area (Å²) in [5.74, 6) is 0. The van der Waals surface area contributed by atoms with Gasteiger partial charge in [-0.25, -0.2) is 0 Å². The molecule has 0 amide bonds. The van der Waals surface area contributed by atoms with Gasteiger partial charge < -0.3 is 0 Å². The molecule has 2 heterocycles. The number of hydrogen-bond acceptors (Lipinski definition) is 5. The van der Waals surface area contributed by atoms with Crippen LogP contribution >= 0.6 is 0 Å². The number of rotatable bonds is 3. The number of hydrogen-bond donors (Lipinski definition) is 2. The van der Waals surface area contributed by atoms with Gasteiger partial charge in [-0.05, 0) is 0 Å². The third-order valence-electron chi connectivity index (χ3n) is 2.31. The summed E-state index contributed by atoms with van der Waals surface area (Å²) in [4.78, 5) is 0.0838. The van der Waals surface area contributed by atoms with Gasteiger partial charge in [-0.3, -0.25) is 0 Å². The van der Waals surface area contributed by atoms with Crippen LogP contribution in [-0.2, 0) is 10.0 Å². The van der Waals surface area contributed by atoms with Crippen LogP contribution in [0.4, 0.5) is 17.1 Å². The third kappa shape index (κ3) is 1.92. The van der Waals surface area contributed by atoms with Gasteiger partial charge in [0.15, 0.2) is 0 Å². The number of sulfonamides is 1. The molecule has 0 atom stereocenters. The van der Waals surface area contributed by atoms with Gasteiger partial charge >= 0.3 is 108 Å². The number of benzene rings is 1. The molecule has 0 radical (unpaired) electrons. The average molecular weight is 328 g/mol. The van der Waals surface area contributed by atoms with E-state index in [4.69, 9.17) is 0 Å². The first kappa shape index (κ1) is 11.4. The van der Waals surface area contributed by atoms with E-state index in [1.807, 2.05) is 6.07 Å². The molecule has 1 aliphatic rings. The molecule has 0 fully saturated rings. The van der Waals surface area contributed by atoms with E-state index in [1.165, 1.54) is 12.4 Å². The van der Waals surface area contributed by atoms with E-state index < -0.39 is 10.0 Å². The Hall–Kier alpha value is -1.70. The van der Waals surface area contributed by atoms with Crippen LogP contribution in [0.1, 0.15) is 0 Å². The first-order chi connectivity index (χ1) is 8.67.